The highest BCUT2D eigenvalue weighted by Crippen LogP contribution is 2.46. The van der Waals surface area contributed by atoms with Gasteiger partial charge < -0.3 is 23.9 Å². The summed E-state index contributed by atoms with van der Waals surface area (Å²) in [6, 6.07) is 7.61. The summed E-state index contributed by atoms with van der Waals surface area (Å²) in [4.78, 5) is 36.2. The Morgan fingerprint density at radius 1 is 1.12 bits per heavy atom. The van der Waals surface area contributed by atoms with Crippen LogP contribution in [0.3, 0.4) is 0 Å². The average molecular weight is 584 g/mol. The first kappa shape index (κ1) is 25.9. The van der Waals surface area contributed by atoms with Gasteiger partial charge >= 0.3 is 6.09 Å². The highest BCUT2D eigenvalue weighted by atomic mass is 32.1. The van der Waals surface area contributed by atoms with Crippen LogP contribution in [-0.2, 0) is 7.05 Å². The molecule has 5 heterocycles. The van der Waals surface area contributed by atoms with Crippen LogP contribution < -0.4 is 19.1 Å². The molecule has 0 radical (unpaired) electrons. The van der Waals surface area contributed by atoms with E-state index in [1.807, 2.05) is 39.1 Å². The van der Waals surface area contributed by atoms with Gasteiger partial charge in [0.15, 0.2) is 23.3 Å². The van der Waals surface area contributed by atoms with Gasteiger partial charge in [-0.15, -0.1) is 11.3 Å². The first-order valence-corrected chi connectivity index (χ1v) is 13.9. The lowest BCUT2D eigenvalue weighted by Crippen LogP contribution is -2.43. The molecule has 4 aromatic heterocycles. The molecule has 13 heteroatoms. The van der Waals surface area contributed by atoms with Crippen molar-refractivity contribution in [1.29, 1.82) is 0 Å². The van der Waals surface area contributed by atoms with Crippen LogP contribution in [0.1, 0.15) is 11.1 Å². The number of hydrogen-bond acceptors (Lipinski definition) is 10. The number of fused-ring (bicyclic) bond motifs is 5. The van der Waals surface area contributed by atoms with E-state index in [2.05, 4.69) is 19.9 Å². The Labute approximate surface area is 243 Å². The number of thiazole rings is 1. The van der Waals surface area contributed by atoms with Gasteiger partial charge in [0, 0.05) is 12.6 Å². The number of carboxylic acid groups (broad SMARTS) is 1. The lowest BCUT2D eigenvalue weighted by atomic mass is 10.1. The number of rotatable bonds is 5. The van der Waals surface area contributed by atoms with E-state index in [4.69, 9.17) is 19.2 Å². The van der Waals surface area contributed by atoms with Crippen LogP contribution in [0.25, 0.3) is 43.0 Å². The van der Waals surface area contributed by atoms with Crippen molar-refractivity contribution in [2.45, 2.75) is 20.0 Å². The smallest absolute Gasteiger partial charge is 0.411 e. The lowest BCUT2D eigenvalue weighted by Gasteiger charge is -2.30. The summed E-state index contributed by atoms with van der Waals surface area (Å²) in [5, 5.41) is 10.8. The molecule has 12 nitrogen and oxygen atoms in total. The van der Waals surface area contributed by atoms with E-state index in [9.17, 15) is 9.90 Å². The molecule has 212 valence electrons. The molecule has 7 rings (SSSR count). The number of pyridine rings is 1. The molecule has 42 heavy (non-hydrogen) atoms. The molecular weight excluding hydrogens is 558 g/mol. The Kier molecular flexibility index (Phi) is 6.04. The third kappa shape index (κ3) is 4.29. The van der Waals surface area contributed by atoms with Gasteiger partial charge in [-0.05, 0) is 49.2 Å². The van der Waals surface area contributed by atoms with E-state index in [-0.39, 0.29) is 13.2 Å². The van der Waals surface area contributed by atoms with Crippen LogP contribution in [0.4, 0.5) is 10.5 Å². The fourth-order valence-electron chi connectivity index (χ4n) is 5.16. The predicted molar refractivity (Wildman–Crippen MR) is 158 cm³/mol. The van der Waals surface area contributed by atoms with Crippen LogP contribution in [0.15, 0.2) is 43.0 Å². The zero-order valence-electron chi connectivity index (χ0n) is 23.2. The summed E-state index contributed by atoms with van der Waals surface area (Å²) < 4.78 is 20.4. The third-order valence-corrected chi connectivity index (χ3v) is 8.25. The number of aryl methyl sites for hydroxylation is 3. The number of imidazole rings is 1. The Morgan fingerprint density at radius 3 is 2.79 bits per heavy atom. The number of nitrogens with zero attached hydrogens (tertiary/aromatic N) is 7. The van der Waals surface area contributed by atoms with E-state index >= 15 is 0 Å². The van der Waals surface area contributed by atoms with Gasteiger partial charge in [0.25, 0.3) is 0 Å². The highest BCUT2D eigenvalue weighted by Gasteiger charge is 2.30. The topological polar surface area (TPSA) is 138 Å². The second-order valence-corrected chi connectivity index (χ2v) is 11.1. The Hall–Kier alpha value is -5.04. The van der Waals surface area contributed by atoms with E-state index in [0.29, 0.717) is 34.2 Å². The third-order valence-electron chi connectivity index (χ3n) is 7.16. The monoisotopic (exact) mass is 583 g/mol. The number of aromatic nitrogens is 6. The van der Waals surface area contributed by atoms with Crippen molar-refractivity contribution in [3.05, 3.63) is 54.1 Å². The molecule has 0 saturated carbocycles. The van der Waals surface area contributed by atoms with Gasteiger partial charge in [-0.2, -0.15) is 0 Å². The molecule has 0 fully saturated rings. The minimum absolute atomic E-state index is 0.0528. The van der Waals surface area contributed by atoms with E-state index in [1.165, 1.54) is 22.4 Å². The maximum absolute atomic E-state index is 12.2. The number of carbonyl (C=O) groups is 1. The quantitative estimate of drug-likeness (QED) is 0.290. The fraction of sp³-hybridized carbons (Fsp3) is 0.241. The number of methoxy groups -OCH3 is 1. The predicted octanol–water partition coefficient (Wildman–Crippen LogP) is 5.14. The van der Waals surface area contributed by atoms with Crippen molar-refractivity contribution in [2.24, 2.45) is 7.05 Å². The van der Waals surface area contributed by atoms with E-state index in [0.717, 1.165) is 42.9 Å². The normalized spacial score (nSPS) is 14.5. The highest BCUT2D eigenvalue weighted by molar-refractivity contribution is 7.22. The molecule has 1 aliphatic rings. The Bertz CT molecular complexity index is 2040. The number of benzene rings is 2. The first-order chi connectivity index (χ1) is 20.3. The second-order valence-electron chi connectivity index (χ2n) is 10.1. The van der Waals surface area contributed by atoms with Crippen LogP contribution >= 0.6 is 11.3 Å². The molecule has 1 amide bonds. The van der Waals surface area contributed by atoms with Crippen LogP contribution in [0.5, 0.6) is 17.4 Å². The summed E-state index contributed by atoms with van der Waals surface area (Å²) in [6.45, 7) is 4.19. The molecule has 1 N–H and O–H groups in total. The number of ether oxygens (including phenoxy) is 3. The maximum atomic E-state index is 12.2. The maximum Gasteiger partial charge on any atom is 0.411 e. The van der Waals surface area contributed by atoms with Crippen molar-refractivity contribution >= 4 is 55.5 Å². The fourth-order valence-corrected chi connectivity index (χ4v) is 6.31. The van der Waals surface area contributed by atoms with Crippen molar-refractivity contribution in [3.63, 3.8) is 0 Å². The minimum atomic E-state index is -1.12. The molecule has 1 aliphatic heterocycles. The van der Waals surface area contributed by atoms with Gasteiger partial charge in [-0.25, -0.2) is 29.7 Å². The zero-order chi connectivity index (χ0) is 29.1. The van der Waals surface area contributed by atoms with E-state index < -0.39 is 12.2 Å². The molecule has 6 aromatic rings. The zero-order valence-corrected chi connectivity index (χ0v) is 24.0. The lowest BCUT2D eigenvalue weighted by molar-refractivity contribution is 0.0961. The molecule has 0 aliphatic carbocycles. The van der Waals surface area contributed by atoms with E-state index in [1.54, 1.807) is 30.3 Å². The summed E-state index contributed by atoms with van der Waals surface area (Å²) in [5.74, 6) is 1.59. The summed E-state index contributed by atoms with van der Waals surface area (Å²) in [5.41, 5.74) is 6.78. The Morgan fingerprint density at radius 2 is 1.98 bits per heavy atom. The van der Waals surface area contributed by atoms with Crippen molar-refractivity contribution < 1.29 is 24.1 Å². The van der Waals surface area contributed by atoms with Crippen molar-refractivity contribution in [3.8, 4) is 28.0 Å². The van der Waals surface area contributed by atoms with Crippen molar-refractivity contribution in [1.82, 2.24) is 29.5 Å². The van der Waals surface area contributed by atoms with Gasteiger partial charge in [0.1, 0.15) is 21.8 Å². The number of amides is 1. The molecular formula is C29H25N7O5S. The second kappa shape index (κ2) is 9.80. The summed E-state index contributed by atoms with van der Waals surface area (Å²) >= 11 is 1.50. The van der Waals surface area contributed by atoms with Crippen LogP contribution in [0, 0.1) is 13.8 Å². The summed E-state index contributed by atoms with van der Waals surface area (Å²) in [7, 11) is 3.40. The standard InChI is InChI=1S/C29H25N7O5S/c1-14-5-18(24-19(6-14)33-22(39-4)10-30-24)28-34-23-15(2)7-21-25(26(23)42-28)40-12-17(41-21)11-36(29(37)38)16-8-20-27(31-9-16)35(3)13-32-20/h5-10,13,17H,11-12H2,1-4H3,(H,37,38)/t17-/m1/s1. The largest absolute Gasteiger partial charge is 0.484 e. The van der Waals surface area contributed by atoms with Gasteiger partial charge in [-0.1, -0.05) is 0 Å². The molecule has 0 unspecified atom stereocenters. The molecule has 0 bridgehead atoms. The summed E-state index contributed by atoms with van der Waals surface area (Å²) in [6.07, 6.45) is 3.11. The first-order valence-electron chi connectivity index (χ1n) is 13.1. The van der Waals surface area contributed by atoms with Gasteiger partial charge in [-0.3, -0.25) is 4.90 Å². The van der Waals surface area contributed by atoms with Crippen LogP contribution in [-0.4, -0.2) is 67.1 Å². The number of hydrogen-bond donors (Lipinski definition) is 1. The minimum Gasteiger partial charge on any atom is -0.484 e. The number of anilines is 1. The molecule has 0 saturated heterocycles. The van der Waals surface area contributed by atoms with Gasteiger partial charge in [0.05, 0.1) is 54.6 Å². The van der Waals surface area contributed by atoms with Crippen LogP contribution in [0.2, 0.25) is 0 Å². The molecule has 1 atom stereocenters. The van der Waals surface area contributed by atoms with Crippen molar-refractivity contribution in [2.75, 3.05) is 25.2 Å². The van der Waals surface area contributed by atoms with Gasteiger partial charge in [0.2, 0.25) is 5.88 Å². The SMILES string of the molecule is COc1cnc2c(-c3nc4c(C)cc5c(c4s3)OC[C@@H](CN(C(=O)O)c3cnc4c(c3)ncn4C)O5)cc(C)cc2n1. The molecule has 2 aromatic carbocycles. The molecule has 0 spiro atoms. The average Bonchev–Trinajstić information content (AvgIpc) is 3.59. The Balaban J connectivity index is 1.21.